The van der Waals surface area contributed by atoms with Gasteiger partial charge in [0.15, 0.2) is 11.5 Å². The number of imide groups is 1. The van der Waals surface area contributed by atoms with E-state index in [0.29, 0.717) is 30.5 Å². The summed E-state index contributed by atoms with van der Waals surface area (Å²) in [6.07, 6.45) is 1.75. The minimum absolute atomic E-state index is 0.114. The van der Waals surface area contributed by atoms with E-state index in [-0.39, 0.29) is 29.7 Å². The molecule has 8 N–H and O–H groups in total. The zero-order valence-corrected chi connectivity index (χ0v) is 17.2. The van der Waals surface area contributed by atoms with Gasteiger partial charge in [-0.25, -0.2) is 0 Å². The fourth-order valence-corrected chi connectivity index (χ4v) is 3.41. The molecule has 0 bridgehead atoms. The molecule has 0 saturated carbocycles. The number of nitrogen functional groups attached to an aromatic ring is 1. The minimum Gasteiger partial charge on any atom is -0.504 e. The molecule has 2 amide bonds. The van der Waals surface area contributed by atoms with Gasteiger partial charge in [-0.05, 0) is 54.7 Å². The van der Waals surface area contributed by atoms with Crippen molar-refractivity contribution in [1.29, 1.82) is 0 Å². The van der Waals surface area contributed by atoms with Crippen molar-refractivity contribution < 1.29 is 29.7 Å². The summed E-state index contributed by atoms with van der Waals surface area (Å²) in [6.45, 7) is 1.96. The largest absolute Gasteiger partial charge is 0.504 e. The quantitative estimate of drug-likeness (QED) is 0.235. The highest BCUT2D eigenvalue weighted by Gasteiger charge is 2.42. The summed E-state index contributed by atoms with van der Waals surface area (Å²) in [5.41, 5.74) is 12.5. The van der Waals surface area contributed by atoms with Crippen molar-refractivity contribution in [3.05, 3.63) is 53.6 Å². The molecule has 166 valence electrons. The van der Waals surface area contributed by atoms with Crippen molar-refractivity contribution in [2.75, 3.05) is 5.73 Å². The van der Waals surface area contributed by atoms with Gasteiger partial charge in [0, 0.05) is 12.1 Å². The van der Waals surface area contributed by atoms with Crippen molar-refractivity contribution in [1.82, 2.24) is 5.32 Å². The van der Waals surface area contributed by atoms with Crippen LogP contribution in [0, 0.1) is 0 Å². The number of carbonyl (C=O) groups is 3. The van der Waals surface area contributed by atoms with Crippen LogP contribution < -0.4 is 16.8 Å². The lowest BCUT2D eigenvalue weighted by molar-refractivity contribution is -0.139. The molecule has 2 aromatic carbocycles. The van der Waals surface area contributed by atoms with Gasteiger partial charge in [-0.1, -0.05) is 25.1 Å². The number of nitrogens with one attached hydrogen (secondary N) is 1. The minimum atomic E-state index is -1.10. The number of aliphatic carboxylic acids is 1. The third-order valence-electron chi connectivity index (χ3n) is 5.35. The standard InChI is InChI=1S/C13H16N2O2.C9H11NO4/c1-2-13(8-7-11(16)15-12(13)17)9-3-5-10(14)6-4-9;10-6(9(13)14)3-5-1-2-7(11)8(12)4-5/h3-6H,2,7-8,14H2,1H3,(H,15,16,17);1-2,4,6,11-12H,3,10H2,(H,13,14)/t;6-/m.0/s1. The second-order valence-electron chi connectivity index (χ2n) is 7.41. The predicted octanol–water partition coefficient (Wildman–Crippen LogP) is 1.41. The van der Waals surface area contributed by atoms with Crippen LogP contribution in [0.2, 0.25) is 0 Å². The van der Waals surface area contributed by atoms with E-state index in [9.17, 15) is 14.4 Å². The number of aromatic hydroxyl groups is 2. The van der Waals surface area contributed by atoms with Gasteiger partial charge in [-0.3, -0.25) is 19.7 Å². The molecule has 9 nitrogen and oxygen atoms in total. The van der Waals surface area contributed by atoms with Crippen molar-refractivity contribution in [2.24, 2.45) is 5.73 Å². The highest BCUT2D eigenvalue weighted by atomic mass is 16.4. The number of carbonyl (C=O) groups excluding carboxylic acids is 2. The second kappa shape index (κ2) is 9.94. The Labute approximate surface area is 179 Å². The molecule has 2 aromatic rings. The number of benzene rings is 2. The topological polar surface area (TPSA) is 176 Å². The first-order valence-electron chi connectivity index (χ1n) is 9.78. The summed E-state index contributed by atoms with van der Waals surface area (Å²) in [7, 11) is 0. The molecule has 0 aliphatic carbocycles. The van der Waals surface area contributed by atoms with Crippen LogP contribution in [0.4, 0.5) is 5.69 Å². The molecule has 3 rings (SSSR count). The lowest BCUT2D eigenvalue weighted by Gasteiger charge is -2.34. The molecule has 1 unspecified atom stereocenters. The number of phenolic OH excluding ortho intramolecular Hbond substituents is 2. The van der Waals surface area contributed by atoms with Crippen LogP contribution in [0.3, 0.4) is 0 Å². The lowest BCUT2D eigenvalue weighted by Crippen LogP contribution is -2.51. The molecular weight excluding hydrogens is 402 g/mol. The van der Waals surface area contributed by atoms with Crippen molar-refractivity contribution >= 4 is 23.5 Å². The Morgan fingerprint density at radius 1 is 1.13 bits per heavy atom. The maximum absolute atomic E-state index is 12.1. The maximum Gasteiger partial charge on any atom is 0.320 e. The number of phenols is 2. The van der Waals surface area contributed by atoms with Crippen LogP contribution in [-0.2, 0) is 26.2 Å². The van der Waals surface area contributed by atoms with E-state index in [2.05, 4.69) is 5.32 Å². The summed E-state index contributed by atoms with van der Waals surface area (Å²) in [5, 5.41) is 29.1. The molecule has 31 heavy (non-hydrogen) atoms. The molecule has 1 saturated heterocycles. The van der Waals surface area contributed by atoms with E-state index < -0.39 is 17.4 Å². The van der Waals surface area contributed by atoms with Gasteiger partial charge in [0.25, 0.3) is 0 Å². The van der Waals surface area contributed by atoms with E-state index in [4.69, 9.17) is 26.8 Å². The Bertz CT molecular complexity index is 960. The van der Waals surface area contributed by atoms with Gasteiger partial charge in [0.1, 0.15) is 6.04 Å². The highest BCUT2D eigenvalue weighted by molar-refractivity contribution is 6.03. The summed E-state index contributed by atoms with van der Waals surface area (Å²) >= 11 is 0. The number of amides is 2. The van der Waals surface area contributed by atoms with Gasteiger partial charge >= 0.3 is 5.97 Å². The molecule has 2 atom stereocenters. The third-order valence-corrected chi connectivity index (χ3v) is 5.35. The van der Waals surface area contributed by atoms with Gasteiger partial charge in [0.2, 0.25) is 11.8 Å². The Hall–Kier alpha value is -3.59. The smallest absolute Gasteiger partial charge is 0.320 e. The zero-order chi connectivity index (χ0) is 23.2. The average Bonchev–Trinajstić information content (AvgIpc) is 2.72. The normalized spacial score (nSPS) is 19.0. The fourth-order valence-electron chi connectivity index (χ4n) is 3.41. The summed E-state index contributed by atoms with van der Waals surface area (Å²) < 4.78 is 0. The Morgan fingerprint density at radius 2 is 1.77 bits per heavy atom. The number of anilines is 1. The van der Waals surface area contributed by atoms with E-state index in [1.165, 1.54) is 18.2 Å². The number of carboxylic acids is 1. The lowest BCUT2D eigenvalue weighted by atomic mass is 9.72. The Balaban J connectivity index is 0.000000225. The molecule has 1 heterocycles. The monoisotopic (exact) mass is 429 g/mol. The van der Waals surface area contributed by atoms with Crippen molar-refractivity contribution in [3.63, 3.8) is 0 Å². The number of hydrogen-bond donors (Lipinski definition) is 6. The van der Waals surface area contributed by atoms with E-state index in [0.717, 1.165) is 5.56 Å². The summed E-state index contributed by atoms with van der Waals surface area (Å²) in [5.74, 6) is -1.99. The van der Waals surface area contributed by atoms with Gasteiger partial charge in [-0.15, -0.1) is 0 Å². The third kappa shape index (κ3) is 5.73. The van der Waals surface area contributed by atoms with Crippen LogP contribution in [0.1, 0.15) is 37.3 Å². The zero-order valence-electron chi connectivity index (χ0n) is 17.2. The number of hydrogen-bond acceptors (Lipinski definition) is 7. The molecule has 0 radical (unpaired) electrons. The van der Waals surface area contributed by atoms with Crippen LogP contribution in [-0.4, -0.2) is 39.1 Å². The Kier molecular flexibility index (Phi) is 7.60. The summed E-state index contributed by atoms with van der Waals surface area (Å²) in [6, 6.07) is 10.4. The van der Waals surface area contributed by atoms with Crippen LogP contribution in [0.5, 0.6) is 11.5 Å². The van der Waals surface area contributed by atoms with Crippen LogP contribution in [0.25, 0.3) is 0 Å². The molecule has 1 aliphatic rings. The average molecular weight is 429 g/mol. The first-order valence-corrected chi connectivity index (χ1v) is 9.78. The first-order chi connectivity index (χ1) is 14.6. The van der Waals surface area contributed by atoms with E-state index in [1.807, 2.05) is 19.1 Å². The molecule has 1 fully saturated rings. The number of piperidine rings is 1. The van der Waals surface area contributed by atoms with Crippen LogP contribution in [0.15, 0.2) is 42.5 Å². The molecular formula is C22H27N3O6. The van der Waals surface area contributed by atoms with Crippen molar-refractivity contribution in [2.45, 2.75) is 44.1 Å². The van der Waals surface area contributed by atoms with Gasteiger partial charge in [-0.2, -0.15) is 0 Å². The van der Waals surface area contributed by atoms with Crippen molar-refractivity contribution in [3.8, 4) is 11.5 Å². The van der Waals surface area contributed by atoms with Gasteiger partial charge < -0.3 is 26.8 Å². The number of carboxylic acid groups (broad SMARTS) is 1. The molecule has 9 heteroatoms. The van der Waals surface area contributed by atoms with Crippen LogP contribution >= 0.6 is 0 Å². The highest BCUT2D eigenvalue weighted by Crippen LogP contribution is 2.36. The molecule has 1 aliphatic heterocycles. The van der Waals surface area contributed by atoms with E-state index >= 15 is 0 Å². The predicted molar refractivity (Wildman–Crippen MR) is 114 cm³/mol. The SMILES string of the molecule is CCC1(c2ccc(N)cc2)CCC(=O)NC1=O.N[C@@H](Cc1ccc(O)c(O)c1)C(=O)O. The molecule has 0 spiro atoms. The summed E-state index contributed by atoms with van der Waals surface area (Å²) in [4.78, 5) is 33.7. The maximum atomic E-state index is 12.1. The first kappa shape index (κ1) is 23.7. The van der Waals surface area contributed by atoms with Gasteiger partial charge in [0.05, 0.1) is 5.41 Å². The second-order valence-corrected chi connectivity index (χ2v) is 7.41. The molecule has 0 aromatic heterocycles. The number of nitrogens with two attached hydrogens (primary N) is 2. The fraction of sp³-hybridized carbons (Fsp3) is 0.318. The number of rotatable bonds is 5. The van der Waals surface area contributed by atoms with E-state index in [1.54, 1.807) is 12.1 Å². The Morgan fingerprint density at radius 3 is 2.29 bits per heavy atom.